The van der Waals surface area contributed by atoms with Crippen molar-refractivity contribution in [1.82, 2.24) is 0 Å². The van der Waals surface area contributed by atoms with E-state index in [1.807, 2.05) is 0 Å². The molecule has 0 saturated carbocycles. The lowest BCUT2D eigenvalue weighted by Crippen LogP contribution is -2.13. The van der Waals surface area contributed by atoms with E-state index in [-0.39, 0.29) is 12.2 Å². The van der Waals surface area contributed by atoms with Gasteiger partial charge in [-0.05, 0) is 18.6 Å². The highest BCUT2D eigenvalue weighted by atomic mass is 17.5. The maximum Gasteiger partial charge on any atom is 0.543 e. The van der Waals surface area contributed by atoms with Crippen LogP contribution in [0, 0.1) is 0 Å². The van der Waals surface area contributed by atoms with Crippen LogP contribution in [-0.2, 0) is 19.6 Å². The fourth-order valence-corrected chi connectivity index (χ4v) is 1.64. The van der Waals surface area contributed by atoms with Crippen molar-refractivity contribution in [3.05, 3.63) is 29.8 Å². The van der Waals surface area contributed by atoms with Gasteiger partial charge in [0.1, 0.15) is 11.3 Å². The summed E-state index contributed by atoms with van der Waals surface area (Å²) in [5.74, 6) is -0.539. The molecule has 0 radical (unpaired) electrons. The fourth-order valence-electron chi connectivity index (χ4n) is 1.64. The minimum absolute atomic E-state index is 0.140. The molecule has 0 aliphatic rings. The van der Waals surface area contributed by atoms with Gasteiger partial charge in [0.15, 0.2) is 0 Å². The second-order valence-corrected chi connectivity index (χ2v) is 4.38. The molecule has 0 fully saturated rings. The minimum Gasteiger partial charge on any atom is -0.496 e. The summed E-state index contributed by atoms with van der Waals surface area (Å²) < 4.78 is 9.71. The predicted molar refractivity (Wildman–Crippen MR) is 76.1 cm³/mol. The Labute approximate surface area is 128 Å². The van der Waals surface area contributed by atoms with Crippen LogP contribution in [0.5, 0.6) is 5.75 Å². The number of methoxy groups -OCH3 is 1. The van der Waals surface area contributed by atoms with Gasteiger partial charge < -0.3 is 9.47 Å². The first-order chi connectivity index (χ1) is 10.7. The zero-order valence-electron chi connectivity index (χ0n) is 12.7. The molecule has 0 unspecified atom stereocenters. The lowest BCUT2D eigenvalue weighted by atomic mass is 10.2. The first kappa shape index (κ1) is 17.8. The van der Waals surface area contributed by atoms with E-state index in [0.29, 0.717) is 5.75 Å². The van der Waals surface area contributed by atoms with Crippen molar-refractivity contribution >= 4 is 12.1 Å². The SMILES string of the molecule is CCCCCCOC(=O)OOOC(=O)c1ccccc1OC. The molecule has 0 aliphatic heterocycles. The van der Waals surface area contributed by atoms with Crippen molar-refractivity contribution in [2.24, 2.45) is 0 Å². The number of ether oxygens (including phenoxy) is 2. The molecule has 0 aromatic heterocycles. The maximum atomic E-state index is 11.7. The van der Waals surface area contributed by atoms with E-state index < -0.39 is 12.1 Å². The summed E-state index contributed by atoms with van der Waals surface area (Å²) in [4.78, 5) is 31.3. The molecule has 0 N–H and O–H groups in total. The van der Waals surface area contributed by atoms with Gasteiger partial charge in [-0.2, -0.15) is 0 Å². The van der Waals surface area contributed by atoms with Gasteiger partial charge in [0.25, 0.3) is 0 Å². The zero-order valence-corrected chi connectivity index (χ0v) is 12.7. The Balaban J connectivity index is 2.23. The summed E-state index contributed by atoms with van der Waals surface area (Å²) in [5.41, 5.74) is 0.140. The first-order valence-electron chi connectivity index (χ1n) is 7.04. The number of rotatable bonds is 9. The molecule has 0 amide bonds. The molecule has 7 nitrogen and oxygen atoms in total. The zero-order chi connectivity index (χ0) is 16.2. The molecule has 7 heteroatoms. The van der Waals surface area contributed by atoms with Gasteiger partial charge in [-0.3, -0.25) is 4.89 Å². The maximum absolute atomic E-state index is 11.7. The molecule has 1 aromatic rings. The lowest BCUT2D eigenvalue weighted by molar-refractivity contribution is -0.452. The normalized spacial score (nSPS) is 9.91. The van der Waals surface area contributed by atoms with Gasteiger partial charge in [-0.15, -0.1) is 0 Å². The third kappa shape index (κ3) is 6.45. The number of para-hydroxylation sites is 1. The van der Waals surface area contributed by atoms with Gasteiger partial charge in [-0.1, -0.05) is 38.3 Å². The average Bonchev–Trinajstić information content (AvgIpc) is 2.54. The molecule has 0 spiro atoms. The Morgan fingerprint density at radius 1 is 1.05 bits per heavy atom. The van der Waals surface area contributed by atoms with E-state index in [1.54, 1.807) is 18.2 Å². The number of carbonyl (C=O) groups is 2. The van der Waals surface area contributed by atoms with Crippen LogP contribution in [0.15, 0.2) is 24.3 Å². The van der Waals surface area contributed by atoms with E-state index in [1.165, 1.54) is 13.2 Å². The van der Waals surface area contributed by atoms with E-state index in [0.717, 1.165) is 25.7 Å². The Hall–Kier alpha value is -2.28. The van der Waals surface area contributed by atoms with Crippen LogP contribution >= 0.6 is 0 Å². The molecule has 22 heavy (non-hydrogen) atoms. The summed E-state index contributed by atoms with van der Waals surface area (Å²) in [6.07, 6.45) is 2.80. The lowest BCUT2D eigenvalue weighted by Gasteiger charge is -2.06. The Morgan fingerprint density at radius 2 is 1.82 bits per heavy atom. The number of hydrogen-bond donors (Lipinski definition) is 0. The molecule has 0 heterocycles. The third-order valence-electron chi connectivity index (χ3n) is 2.76. The van der Waals surface area contributed by atoms with Crippen LogP contribution in [0.1, 0.15) is 43.0 Å². The number of hydrogen-bond acceptors (Lipinski definition) is 7. The van der Waals surface area contributed by atoms with Crippen molar-refractivity contribution < 1.29 is 33.9 Å². The third-order valence-corrected chi connectivity index (χ3v) is 2.76. The Bertz CT molecular complexity index is 473. The van der Waals surface area contributed by atoms with Crippen molar-refractivity contribution in [3.8, 4) is 5.75 Å². The van der Waals surface area contributed by atoms with Crippen LogP contribution in [-0.4, -0.2) is 25.8 Å². The van der Waals surface area contributed by atoms with Crippen LogP contribution in [0.3, 0.4) is 0 Å². The highest BCUT2D eigenvalue weighted by Crippen LogP contribution is 2.18. The number of carbonyl (C=O) groups excluding carboxylic acids is 2. The minimum atomic E-state index is -1.07. The van der Waals surface area contributed by atoms with Crippen LogP contribution in [0.2, 0.25) is 0 Å². The fraction of sp³-hybridized carbons (Fsp3) is 0.467. The molecule has 1 rings (SSSR count). The second-order valence-electron chi connectivity index (χ2n) is 4.38. The Morgan fingerprint density at radius 3 is 2.55 bits per heavy atom. The molecule has 0 saturated heterocycles. The highest BCUT2D eigenvalue weighted by Gasteiger charge is 2.16. The van der Waals surface area contributed by atoms with Crippen LogP contribution < -0.4 is 4.74 Å². The van der Waals surface area contributed by atoms with Crippen LogP contribution in [0.4, 0.5) is 4.79 Å². The average molecular weight is 312 g/mol. The summed E-state index contributed by atoms with van der Waals surface area (Å²) in [5, 5.41) is 4.11. The van der Waals surface area contributed by atoms with E-state index in [9.17, 15) is 9.59 Å². The van der Waals surface area contributed by atoms with Crippen molar-refractivity contribution in [3.63, 3.8) is 0 Å². The molecule has 0 bridgehead atoms. The van der Waals surface area contributed by atoms with Gasteiger partial charge in [0.05, 0.1) is 18.8 Å². The molecule has 122 valence electrons. The largest absolute Gasteiger partial charge is 0.543 e. The van der Waals surface area contributed by atoms with Gasteiger partial charge in [0, 0.05) is 0 Å². The van der Waals surface area contributed by atoms with Crippen molar-refractivity contribution in [2.45, 2.75) is 32.6 Å². The Kier molecular flexibility index (Phi) is 8.44. The van der Waals surface area contributed by atoms with E-state index in [2.05, 4.69) is 21.7 Å². The topological polar surface area (TPSA) is 80.3 Å². The molecule has 1 aromatic carbocycles. The molecular formula is C15H20O7. The first-order valence-corrected chi connectivity index (χ1v) is 7.04. The second kappa shape index (κ2) is 10.4. The van der Waals surface area contributed by atoms with Gasteiger partial charge in [-0.25, -0.2) is 14.5 Å². The van der Waals surface area contributed by atoms with Crippen molar-refractivity contribution in [1.29, 1.82) is 0 Å². The standard InChI is InChI=1S/C15H20O7/c1-3-4-5-8-11-19-15(17)21-22-20-14(16)12-9-6-7-10-13(12)18-2/h6-7,9-10H,3-5,8,11H2,1-2H3. The summed E-state index contributed by atoms with van der Waals surface area (Å²) in [6, 6.07) is 6.39. The monoisotopic (exact) mass is 312 g/mol. The van der Waals surface area contributed by atoms with E-state index in [4.69, 9.17) is 9.47 Å². The highest BCUT2D eigenvalue weighted by molar-refractivity contribution is 5.92. The number of benzene rings is 1. The molecular weight excluding hydrogens is 292 g/mol. The molecule has 0 atom stereocenters. The predicted octanol–water partition coefficient (Wildman–Crippen LogP) is 3.43. The van der Waals surface area contributed by atoms with Crippen molar-refractivity contribution in [2.75, 3.05) is 13.7 Å². The number of unbranched alkanes of at least 4 members (excludes halogenated alkanes) is 3. The van der Waals surface area contributed by atoms with Crippen LogP contribution in [0.25, 0.3) is 0 Å². The summed E-state index contributed by atoms with van der Waals surface area (Å²) in [7, 11) is 1.42. The van der Waals surface area contributed by atoms with Gasteiger partial charge in [0.2, 0.25) is 0 Å². The summed E-state index contributed by atoms with van der Waals surface area (Å²) >= 11 is 0. The van der Waals surface area contributed by atoms with E-state index >= 15 is 0 Å². The quantitative estimate of drug-likeness (QED) is 0.299. The van der Waals surface area contributed by atoms with Gasteiger partial charge >= 0.3 is 12.1 Å². The smallest absolute Gasteiger partial charge is 0.496 e. The summed E-state index contributed by atoms with van der Waals surface area (Å²) in [6.45, 7) is 2.31. The molecule has 0 aliphatic carbocycles.